The second-order valence-electron chi connectivity index (χ2n) is 4.09. The Bertz CT molecular complexity index is 464. The fraction of sp³-hybridized carbons (Fsp3) is 0.385. The van der Waals surface area contributed by atoms with E-state index >= 15 is 0 Å². The van der Waals surface area contributed by atoms with Crippen LogP contribution in [0.5, 0.6) is 5.75 Å². The number of Topliss-reactive ketones (excluding diaryl/α,β-unsaturated/α-hetero) is 1. The van der Waals surface area contributed by atoms with Crippen LogP contribution in [0.15, 0.2) is 18.2 Å². The van der Waals surface area contributed by atoms with Crippen molar-refractivity contribution in [2.75, 3.05) is 7.11 Å². The Morgan fingerprint density at radius 1 is 1.47 bits per heavy atom. The van der Waals surface area contributed by atoms with E-state index in [0.717, 1.165) is 5.56 Å². The van der Waals surface area contributed by atoms with Crippen molar-refractivity contribution in [3.8, 4) is 5.75 Å². The summed E-state index contributed by atoms with van der Waals surface area (Å²) in [5.74, 6) is 0.0231. The molecule has 0 N–H and O–H groups in total. The summed E-state index contributed by atoms with van der Waals surface area (Å²) in [5.41, 5.74) is 1.45. The first-order valence-electron chi connectivity index (χ1n) is 5.50. The second kappa shape index (κ2) is 4.57. The zero-order valence-corrected chi connectivity index (χ0v) is 9.86. The summed E-state index contributed by atoms with van der Waals surface area (Å²) in [7, 11) is 1.52. The summed E-state index contributed by atoms with van der Waals surface area (Å²) in [4.78, 5) is 23.2. The molecule has 4 nitrogen and oxygen atoms in total. The molecule has 2 rings (SSSR count). The molecule has 1 atom stereocenters. The van der Waals surface area contributed by atoms with Crippen LogP contribution in [-0.4, -0.2) is 25.0 Å². The van der Waals surface area contributed by atoms with Crippen LogP contribution in [0.3, 0.4) is 0 Å². The van der Waals surface area contributed by atoms with E-state index in [2.05, 4.69) is 0 Å². The van der Waals surface area contributed by atoms with Gasteiger partial charge in [-0.3, -0.25) is 9.59 Å². The van der Waals surface area contributed by atoms with E-state index in [-0.39, 0.29) is 11.8 Å². The molecule has 0 bridgehead atoms. The van der Waals surface area contributed by atoms with Crippen LogP contribution < -0.4 is 4.74 Å². The smallest absolute Gasteiger partial charge is 0.306 e. The number of aryl methyl sites for hydroxylation is 1. The number of methoxy groups -OCH3 is 1. The van der Waals surface area contributed by atoms with Gasteiger partial charge >= 0.3 is 5.97 Å². The molecular formula is C13H14O4. The summed E-state index contributed by atoms with van der Waals surface area (Å²) < 4.78 is 10.1. The third-order valence-corrected chi connectivity index (χ3v) is 2.80. The number of esters is 1. The van der Waals surface area contributed by atoms with E-state index < -0.39 is 6.10 Å². The van der Waals surface area contributed by atoms with Gasteiger partial charge in [-0.15, -0.1) is 0 Å². The van der Waals surface area contributed by atoms with Crippen molar-refractivity contribution in [2.45, 2.75) is 25.9 Å². The van der Waals surface area contributed by atoms with Crippen LogP contribution in [-0.2, 0) is 9.53 Å². The van der Waals surface area contributed by atoms with Gasteiger partial charge in [-0.2, -0.15) is 0 Å². The lowest BCUT2D eigenvalue weighted by Gasteiger charge is -2.12. The van der Waals surface area contributed by atoms with Crippen LogP contribution in [0.2, 0.25) is 0 Å². The maximum Gasteiger partial charge on any atom is 0.306 e. The Labute approximate surface area is 99.5 Å². The molecule has 1 aliphatic rings. The number of benzene rings is 1. The number of hydrogen-bond acceptors (Lipinski definition) is 4. The van der Waals surface area contributed by atoms with Crippen LogP contribution in [0.4, 0.5) is 0 Å². The van der Waals surface area contributed by atoms with Crippen molar-refractivity contribution in [3.05, 3.63) is 29.3 Å². The van der Waals surface area contributed by atoms with Gasteiger partial charge in [-0.25, -0.2) is 0 Å². The van der Waals surface area contributed by atoms with Gasteiger partial charge in [0.1, 0.15) is 5.75 Å². The van der Waals surface area contributed by atoms with Crippen molar-refractivity contribution < 1.29 is 19.1 Å². The maximum atomic E-state index is 12.2. The Balaban J connectivity index is 2.29. The molecule has 0 saturated carbocycles. The first kappa shape index (κ1) is 11.6. The van der Waals surface area contributed by atoms with Crippen molar-refractivity contribution in [1.82, 2.24) is 0 Å². The molecule has 0 aromatic heterocycles. The fourth-order valence-electron chi connectivity index (χ4n) is 1.90. The third-order valence-electron chi connectivity index (χ3n) is 2.80. The summed E-state index contributed by atoms with van der Waals surface area (Å²) in [6.07, 6.45) is 0.109. The van der Waals surface area contributed by atoms with Gasteiger partial charge in [0.05, 0.1) is 12.7 Å². The molecular weight excluding hydrogens is 220 g/mol. The van der Waals surface area contributed by atoms with Gasteiger partial charge in [0.15, 0.2) is 6.10 Å². The van der Waals surface area contributed by atoms with Crippen LogP contribution >= 0.6 is 0 Å². The summed E-state index contributed by atoms with van der Waals surface area (Å²) in [5, 5.41) is 0. The SMILES string of the molecule is COc1ccc(C)cc1C(=O)C1CCC(=O)O1. The minimum absolute atomic E-state index is 0.184. The van der Waals surface area contributed by atoms with Gasteiger partial charge in [0.25, 0.3) is 0 Å². The lowest BCUT2D eigenvalue weighted by Crippen LogP contribution is -2.21. The van der Waals surface area contributed by atoms with Crippen molar-refractivity contribution >= 4 is 11.8 Å². The Hall–Kier alpha value is -1.84. The monoisotopic (exact) mass is 234 g/mol. The number of ether oxygens (including phenoxy) is 2. The standard InChI is InChI=1S/C13H14O4/c1-8-3-4-10(16-2)9(7-8)13(15)11-5-6-12(14)17-11/h3-4,7,11H,5-6H2,1-2H3. The van der Waals surface area contributed by atoms with E-state index in [0.29, 0.717) is 24.2 Å². The molecule has 1 aromatic carbocycles. The van der Waals surface area contributed by atoms with Gasteiger partial charge in [0, 0.05) is 12.8 Å². The van der Waals surface area contributed by atoms with Crippen LogP contribution in [0.25, 0.3) is 0 Å². The first-order chi connectivity index (χ1) is 8.11. The molecule has 1 aliphatic heterocycles. The molecule has 0 radical (unpaired) electrons. The molecule has 17 heavy (non-hydrogen) atoms. The maximum absolute atomic E-state index is 12.2. The molecule has 0 amide bonds. The summed E-state index contributed by atoms with van der Waals surface area (Å²) in [6.45, 7) is 1.90. The summed E-state index contributed by atoms with van der Waals surface area (Å²) >= 11 is 0. The molecule has 4 heteroatoms. The number of hydrogen-bond donors (Lipinski definition) is 0. The zero-order valence-electron chi connectivity index (χ0n) is 9.86. The average molecular weight is 234 g/mol. The molecule has 0 aliphatic carbocycles. The molecule has 1 unspecified atom stereocenters. The van der Waals surface area contributed by atoms with E-state index in [1.807, 2.05) is 13.0 Å². The predicted molar refractivity (Wildman–Crippen MR) is 61.2 cm³/mol. The van der Waals surface area contributed by atoms with Gasteiger partial charge in [-0.1, -0.05) is 11.6 Å². The van der Waals surface area contributed by atoms with Crippen molar-refractivity contribution in [3.63, 3.8) is 0 Å². The fourth-order valence-corrected chi connectivity index (χ4v) is 1.90. The zero-order chi connectivity index (χ0) is 12.4. The topological polar surface area (TPSA) is 52.6 Å². The number of carbonyl (C=O) groups is 2. The van der Waals surface area contributed by atoms with Crippen molar-refractivity contribution in [1.29, 1.82) is 0 Å². The molecule has 1 fully saturated rings. The van der Waals surface area contributed by atoms with Crippen LogP contribution in [0.1, 0.15) is 28.8 Å². The highest BCUT2D eigenvalue weighted by molar-refractivity contribution is 6.03. The number of carbonyl (C=O) groups excluding carboxylic acids is 2. The van der Waals surface area contributed by atoms with E-state index in [1.165, 1.54) is 7.11 Å². The van der Waals surface area contributed by atoms with Gasteiger partial charge in [-0.05, 0) is 19.1 Å². The highest BCUT2D eigenvalue weighted by Gasteiger charge is 2.31. The van der Waals surface area contributed by atoms with Gasteiger partial charge < -0.3 is 9.47 Å². The van der Waals surface area contributed by atoms with Crippen LogP contribution in [0, 0.1) is 6.92 Å². The lowest BCUT2D eigenvalue weighted by atomic mass is 10.0. The molecule has 1 aromatic rings. The van der Waals surface area contributed by atoms with Gasteiger partial charge in [0.2, 0.25) is 5.78 Å². The molecule has 0 spiro atoms. The second-order valence-corrected chi connectivity index (χ2v) is 4.09. The highest BCUT2D eigenvalue weighted by atomic mass is 16.6. The number of cyclic esters (lactones) is 1. The molecule has 1 heterocycles. The Morgan fingerprint density at radius 2 is 2.24 bits per heavy atom. The minimum Gasteiger partial charge on any atom is -0.496 e. The average Bonchev–Trinajstić information content (AvgIpc) is 2.75. The highest BCUT2D eigenvalue weighted by Crippen LogP contribution is 2.25. The largest absolute Gasteiger partial charge is 0.496 e. The quantitative estimate of drug-likeness (QED) is 0.592. The minimum atomic E-state index is -0.654. The van der Waals surface area contributed by atoms with Crippen molar-refractivity contribution in [2.24, 2.45) is 0 Å². The Morgan fingerprint density at radius 3 is 2.82 bits per heavy atom. The summed E-state index contributed by atoms with van der Waals surface area (Å²) in [6, 6.07) is 5.38. The molecule has 90 valence electrons. The predicted octanol–water partition coefficient (Wildman–Crippen LogP) is 1.89. The third kappa shape index (κ3) is 2.30. The Kier molecular flexibility index (Phi) is 3.13. The first-order valence-corrected chi connectivity index (χ1v) is 5.50. The van der Waals surface area contributed by atoms with E-state index in [4.69, 9.17) is 9.47 Å². The lowest BCUT2D eigenvalue weighted by molar-refractivity contribution is -0.140. The number of rotatable bonds is 3. The van der Waals surface area contributed by atoms with E-state index in [9.17, 15) is 9.59 Å². The van der Waals surface area contributed by atoms with E-state index in [1.54, 1.807) is 12.1 Å². The molecule has 1 saturated heterocycles. The normalized spacial score (nSPS) is 18.9. The number of ketones is 1.